The van der Waals surface area contributed by atoms with E-state index in [4.69, 9.17) is 9.31 Å². The quantitative estimate of drug-likeness (QED) is 0.130. The topological polar surface area (TPSA) is 69.7 Å². The first-order valence-corrected chi connectivity index (χ1v) is 20.4. The normalized spacial score (nSPS) is 13.6. The molecule has 0 aromatic heterocycles. The highest BCUT2D eigenvalue weighted by molar-refractivity contribution is 9.11. The molecule has 0 radical (unpaired) electrons. The predicted octanol–water partition coefficient (Wildman–Crippen LogP) is 12.7. The van der Waals surface area contributed by atoms with Crippen molar-refractivity contribution in [1.82, 2.24) is 0 Å². The number of benzene rings is 5. The maximum Gasteiger partial charge on any atom is 0.495 e. The van der Waals surface area contributed by atoms with E-state index in [1.807, 2.05) is 115 Å². The molecular weight excluding hydrogens is 939 g/mol. The summed E-state index contributed by atoms with van der Waals surface area (Å²) in [5.74, 6) is 0. The van der Waals surface area contributed by atoms with Gasteiger partial charge in [-0.2, -0.15) is 0 Å². The van der Waals surface area contributed by atoms with Crippen LogP contribution in [0.25, 0.3) is 11.1 Å². The van der Waals surface area contributed by atoms with Gasteiger partial charge in [-0.05, 0) is 131 Å². The molecular formula is C44H45BBr4O5. The molecule has 6 rings (SSSR count). The van der Waals surface area contributed by atoms with Crippen LogP contribution in [0.1, 0.15) is 86.6 Å². The Morgan fingerprint density at radius 3 is 1.22 bits per heavy atom. The van der Waals surface area contributed by atoms with Crippen molar-refractivity contribution in [2.45, 2.75) is 73.5 Å². The minimum absolute atomic E-state index is 0.360. The van der Waals surface area contributed by atoms with Gasteiger partial charge in [0.2, 0.25) is 0 Å². The summed E-state index contributed by atoms with van der Waals surface area (Å²) in [5.41, 5.74) is 10.1. The Kier molecular flexibility index (Phi) is 17.0. The standard InChI is InChI=1S/C15H13BrO.C14H19BO3.C8H7BrO.C7H6Br2/c1-10-12(9-17)5-3-6-13(10)14-7-4-8-15(16)11(14)2;1-10-11(9-16)7-6-8-12(10)15-17-13(2,3)14(4,5)18-15;1-6-7(5-10)3-2-4-8(6)9;1-5-6(8)3-2-4-7(5)9/h3-9H,1-2H3;6-9H,1-5H3;2-5H,1H3;2-4H,1H3. The van der Waals surface area contributed by atoms with Crippen LogP contribution in [0.4, 0.5) is 0 Å². The van der Waals surface area contributed by atoms with Gasteiger partial charge in [-0.3, -0.25) is 14.4 Å². The summed E-state index contributed by atoms with van der Waals surface area (Å²) in [4.78, 5) is 32.3. The van der Waals surface area contributed by atoms with Crippen molar-refractivity contribution in [3.05, 3.63) is 153 Å². The maximum atomic E-state index is 11.0. The van der Waals surface area contributed by atoms with Crippen molar-refractivity contribution in [3.63, 3.8) is 0 Å². The summed E-state index contributed by atoms with van der Waals surface area (Å²) in [6.45, 7) is 18.0. The highest BCUT2D eigenvalue weighted by atomic mass is 79.9. The summed E-state index contributed by atoms with van der Waals surface area (Å²) in [6.07, 6.45) is 2.64. The molecule has 1 heterocycles. The average Bonchev–Trinajstić information content (AvgIpc) is 3.36. The molecule has 1 aliphatic rings. The van der Waals surface area contributed by atoms with Gasteiger partial charge in [0, 0.05) is 34.6 Å². The molecule has 5 nitrogen and oxygen atoms in total. The number of halogens is 4. The van der Waals surface area contributed by atoms with E-state index in [9.17, 15) is 14.4 Å². The third-order valence-electron chi connectivity index (χ3n) is 9.75. The number of carbonyl (C=O) groups is 3. The van der Waals surface area contributed by atoms with E-state index in [2.05, 4.69) is 89.7 Å². The molecule has 1 saturated heterocycles. The minimum atomic E-state index is -0.408. The van der Waals surface area contributed by atoms with E-state index in [1.54, 1.807) is 12.1 Å². The molecule has 10 heteroatoms. The Morgan fingerprint density at radius 2 is 0.778 bits per heavy atom. The molecule has 0 saturated carbocycles. The van der Waals surface area contributed by atoms with Crippen molar-refractivity contribution >= 4 is 95.2 Å². The SMILES string of the molecule is Cc1c(Br)cccc1-c1cccc(C=O)c1C.Cc1c(Br)cccc1Br.Cc1c(Br)cccc1C=O.Cc1c(C=O)cccc1B1OC(C)(C)C(C)(C)O1. The zero-order valence-corrected chi connectivity index (χ0v) is 38.4. The molecule has 0 bridgehead atoms. The van der Waals surface area contributed by atoms with Gasteiger partial charge in [0.05, 0.1) is 11.2 Å². The van der Waals surface area contributed by atoms with Crippen molar-refractivity contribution in [2.75, 3.05) is 0 Å². The first-order valence-electron chi connectivity index (χ1n) is 17.2. The number of aldehydes is 3. The van der Waals surface area contributed by atoms with Gasteiger partial charge in [0.1, 0.15) is 18.9 Å². The number of hydrogen-bond donors (Lipinski definition) is 0. The molecule has 0 N–H and O–H groups in total. The van der Waals surface area contributed by atoms with Gasteiger partial charge in [0.25, 0.3) is 0 Å². The van der Waals surface area contributed by atoms with Crippen molar-refractivity contribution in [1.29, 1.82) is 0 Å². The van der Waals surface area contributed by atoms with E-state index < -0.39 is 7.12 Å². The molecule has 0 unspecified atom stereocenters. The van der Waals surface area contributed by atoms with Gasteiger partial charge >= 0.3 is 7.12 Å². The zero-order chi connectivity index (χ0) is 40.4. The lowest BCUT2D eigenvalue weighted by molar-refractivity contribution is 0.00578. The summed E-state index contributed by atoms with van der Waals surface area (Å²) < 4.78 is 16.4. The van der Waals surface area contributed by atoms with Crippen LogP contribution >= 0.6 is 63.7 Å². The number of rotatable bonds is 5. The molecule has 5 aromatic rings. The fraction of sp³-hybridized carbons (Fsp3) is 0.250. The van der Waals surface area contributed by atoms with E-state index in [-0.39, 0.29) is 11.2 Å². The zero-order valence-electron chi connectivity index (χ0n) is 32.0. The molecule has 0 amide bonds. The van der Waals surface area contributed by atoms with E-state index in [1.165, 1.54) is 16.7 Å². The summed E-state index contributed by atoms with van der Waals surface area (Å²) in [7, 11) is -0.408. The van der Waals surface area contributed by atoms with Crippen LogP contribution in [0.3, 0.4) is 0 Å². The van der Waals surface area contributed by atoms with Gasteiger partial charge in [-0.25, -0.2) is 0 Å². The third-order valence-corrected chi connectivity index (χ3v) is 13.2. The second-order valence-corrected chi connectivity index (χ2v) is 17.2. The van der Waals surface area contributed by atoms with Crippen LogP contribution < -0.4 is 5.46 Å². The number of carbonyl (C=O) groups excluding carboxylic acids is 3. The smallest absolute Gasteiger partial charge is 0.399 e. The first kappa shape index (κ1) is 45.4. The van der Waals surface area contributed by atoms with Crippen LogP contribution in [0.5, 0.6) is 0 Å². The van der Waals surface area contributed by atoms with Crippen molar-refractivity contribution < 1.29 is 23.7 Å². The summed E-state index contributed by atoms with van der Waals surface area (Å²) in [6, 6.07) is 29.2. The van der Waals surface area contributed by atoms with Crippen LogP contribution in [0, 0.1) is 34.6 Å². The van der Waals surface area contributed by atoms with Gasteiger partial charge in [-0.15, -0.1) is 0 Å². The average molecular weight is 984 g/mol. The Hall–Kier alpha value is -2.99. The van der Waals surface area contributed by atoms with Crippen LogP contribution in [-0.4, -0.2) is 37.2 Å². The largest absolute Gasteiger partial charge is 0.495 e. The fourth-order valence-corrected chi connectivity index (χ4v) is 7.08. The minimum Gasteiger partial charge on any atom is -0.399 e. The van der Waals surface area contributed by atoms with Crippen molar-refractivity contribution in [2.24, 2.45) is 0 Å². The van der Waals surface area contributed by atoms with Gasteiger partial charge in [0.15, 0.2) is 0 Å². The molecule has 54 heavy (non-hydrogen) atoms. The Labute approximate surface area is 354 Å². The summed E-state index contributed by atoms with van der Waals surface area (Å²) in [5, 5.41) is 0. The Bertz CT molecular complexity index is 2080. The Morgan fingerprint density at radius 1 is 0.444 bits per heavy atom. The lowest BCUT2D eigenvalue weighted by Crippen LogP contribution is -2.41. The lowest BCUT2D eigenvalue weighted by Gasteiger charge is -2.32. The van der Waals surface area contributed by atoms with E-state index >= 15 is 0 Å². The molecule has 1 fully saturated rings. The highest BCUT2D eigenvalue weighted by Gasteiger charge is 2.52. The molecule has 0 atom stereocenters. The third kappa shape index (κ3) is 11.3. The molecule has 1 aliphatic heterocycles. The molecule has 282 valence electrons. The lowest BCUT2D eigenvalue weighted by atomic mass is 9.75. The summed E-state index contributed by atoms with van der Waals surface area (Å²) >= 11 is 13.7. The van der Waals surface area contributed by atoms with Crippen molar-refractivity contribution in [3.8, 4) is 11.1 Å². The Balaban J connectivity index is 0.000000202. The maximum absolute atomic E-state index is 11.0. The van der Waals surface area contributed by atoms with Gasteiger partial charge in [-0.1, -0.05) is 130 Å². The predicted molar refractivity (Wildman–Crippen MR) is 238 cm³/mol. The fourth-order valence-electron chi connectivity index (χ4n) is 5.33. The van der Waals surface area contributed by atoms with E-state index in [0.717, 1.165) is 75.6 Å². The molecule has 5 aromatic carbocycles. The molecule has 0 aliphatic carbocycles. The van der Waals surface area contributed by atoms with Crippen LogP contribution in [0.2, 0.25) is 0 Å². The highest BCUT2D eigenvalue weighted by Crippen LogP contribution is 2.37. The number of hydrogen-bond acceptors (Lipinski definition) is 5. The second-order valence-electron chi connectivity index (χ2n) is 13.7. The van der Waals surface area contributed by atoms with E-state index in [0.29, 0.717) is 5.56 Å². The monoisotopic (exact) mass is 980 g/mol. The van der Waals surface area contributed by atoms with Crippen LogP contribution in [-0.2, 0) is 9.31 Å². The van der Waals surface area contributed by atoms with Gasteiger partial charge < -0.3 is 9.31 Å². The first-order chi connectivity index (χ1) is 25.4. The second kappa shape index (κ2) is 20.3. The van der Waals surface area contributed by atoms with Crippen LogP contribution in [0.15, 0.2) is 109 Å². The molecule has 0 spiro atoms.